The van der Waals surface area contributed by atoms with Crippen molar-refractivity contribution in [1.29, 1.82) is 0 Å². The van der Waals surface area contributed by atoms with Crippen molar-refractivity contribution in [1.82, 2.24) is 0 Å². The van der Waals surface area contributed by atoms with Crippen molar-refractivity contribution in [3.05, 3.63) is 146 Å². The van der Waals surface area contributed by atoms with E-state index in [2.05, 4.69) is 167 Å². The molecule has 416 valence electrons. The second kappa shape index (κ2) is 60.8. The standard InChI is InChI=1S/C68H108O6/c1-4-7-10-13-16-18-20-22-24-26-27-28-29-30-31-32-33-34-35-36-37-38-39-40-41-43-44-46-48-50-52-55-58-61-67(70)73-64-65(63-72-66(69)60-57-54-15-12-9-6-3)74-68(71)62-59-56-53-51-49-47-45-42-25-23-21-19-17-14-11-8-5-2/h7-8,10-11,16-19,22-25,27-28,30-31,33-34,36-37,39-40,45,47,65H,4-6,9,12-15,20-21,26,29,32,35,38,41-44,46,48-64H2,1-3H3/b10-7-,11-8-,18-16-,19-17-,24-22-,25-23-,28-27-,31-30-,34-33-,37-36-,40-39-,47-45-. The lowest BCUT2D eigenvalue weighted by molar-refractivity contribution is -0.167. The second-order valence-corrected chi connectivity index (χ2v) is 19.1. The lowest BCUT2D eigenvalue weighted by atomic mass is 10.1. The Morgan fingerprint density at radius 2 is 0.527 bits per heavy atom. The minimum absolute atomic E-state index is 0.0947. The molecule has 0 aliphatic carbocycles. The van der Waals surface area contributed by atoms with E-state index >= 15 is 0 Å². The van der Waals surface area contributed by atoms with Gasteiger partial charge in [-0.2, -0.15) is 0 Å². The molecule has 0 fully saturated rings. The molecule has 6 nitrogen and oxygen atoms in total. The normalized spacial score (nSPS) is 13.2. The number of hydrogen-bond donors (Lipinski definition) is 0. The summed E-state index contributed by atoms with van der Waals surface area (Å²) in [6, 6.07) is 0. The molecule has 0 aliphatic heterocycles. The molecule has 74 heavy (non-hydrogen) atoms. The minimum Gasteiger partial charge on any atom is -0.462 e. The fourth-order valence-electron chi connectivity index (χ4n) is 7.68. The van der Waals surface area contributed by atoms with Crippen molar-refractivity contribution >= 4 is 17.9 Å². The molecule has 0 aliphatic rings. The van der Waals surface area contributed by atoms with Crippen LogP contribution >= 0.6 is 0 Å². The second-order valence-electron chi connectivity index (χ2n) is 19.1. The van der Waals surface area contributed by atoms with Crippen molar-refractivity contribution in [2.45, 2.75) is 252 Å². The van der Waals surface area contributed by atoms with E-state index < -0.39 is 6.10 Å². The van der Waals surface area contributed by atoms with Crippen LogP contribution < -0.4 is 0 Å². The molecule has 0 rings (SSSR count). The molecule has 0 saturated heterocycles. The zero-order valence-electron chi connectivity index (χ0n) is 47.5. The van der Waals surface area contributed by atoms with Crippen LogP contribution in [0.25, 0.3) is 0 Å². The van der Waals surface area contributed by atoms with Crippen LogP contribution in [-0.2, 0) is 28.6 Å². The minimum atomic E-state index is -0.796. The Morgan fingerprint density at radius 3 is 0.824 bits per heavy atom. The van der Waals surface area contributed by atoms with Gasteiger partial charge < -0.3 is 14.2 Å². The van der Waals surface area contributed by atoms with Crippen molar-refractivity contribution < 1.29 is 28.6 Å². The van der Waals surface area contributed by atoms with Crippen molar-refractivity contribution in [3.8, 4) is 0 Å². The number of carbonyl (C=O) groups excluding carboxylic acids is 3. The van der Waals surface area contributed by atoms with Gasteiger partial charge in [-0.3, -0.25) is 14.4 Å². The highest BCUT2D eigenvalue weighted by atomic mass is 16.6. The highest BCUT2D eigenvalue weighted by Crippen LogP contribution is 2.14. The first-order chi connectivity index (χ1) is 36.5. The van der Waals surface area contributed by atoms with Crippen molar-refractivity contribution in [2.24, 2.45) is 0 Å². The monoisotopic (exact) mass is 1020 g/mol. The molecule has 1 atom stereocenters. The van der Waals surface area contributed by atoms with Crippen molar-refractivity contribution in [2.75, 3.05) is 13.2 Å². The summed E-state index contributed by atoms with van der Waals surface area (Å²) in [4.78, 5) is 37.9. The molecular weight excluding hydrogens is 913 g/mol. The van der Waals surface area contributed by atoms with Gasteiger partial charge in [-0.05, 0) is 122 Å². The molecule has 0 aromatic carbocycles. The summed E-state index contributed by atoms with van der Waals surface area (Å²) in [7, 11) is 0. The van der Waals surface area contributed by atoms with E-state index in [1.165, 1.54) is 51.4 Å². The van der Waals surface area contributed by atoms with Crippen LogP contribution in [0.4, 0.5) is 0 Å². The molecule has 0 N–H and O–H groups in total. The predicted octanol–water partition coefficient (Wildman–Crippen LogP) is 20.4. The van der Waals surface area contributed by atoms with E-state index in [-0.39, 0.29) is 31.1 Å². The van der Waals surface area contributed by atoms with Gasteiger partial charge in [0.25, 0.3) is 0 Å². The van der Waals surface area contributed by atoms with Gasteiger partial charge in [-0.1, -0.05) is 250 Å². The number of carbonyl (C=O) groups is 3. The highest BCUT2D eigenvalue weighted by Gasteiger charge is 2.19. The van der Waals surface area contributed by atoms with Gasteiger partial charge in [0.2, 0.25) is 0 Å². The zero-order chi connectivity index (χ0) is 53.6. The summed E-state index contributed by atoms with van der Waals surface area (Å²) in [5.41, 5.74) is 0. The Morgan fingerprint density at radius 1 is 0.284 bits per heavy atom. The van der Waals surface area contributed by atoms with Gasteiger partial charge in [0.1, 0.15) is 13.2 Å². The molecular formula is C68H108O6. The topological polar surface area (TPSA) is 78.9 Å². The van der Waals surface area contributed by atoms with Crippen LogP contribution in [0, 0.1) is 0 Å². The first-order valence-corrected chi connectivity index (χ1v) is 29.8. The van der Waals surface area contributed by atoms with Gasteiger partial charge in [0, 0.05) is 19.3 Å². The maximum atomic E-state index is 12.8. The smallest absolute Gasteiger partial charge is 0.306 e. The Balaban J connectivity index is 4.16. The summed E-state index contributed by atoms with van der Waals surface area (Å²) >= 11 is 0. The third-order valence-electron chi connectivity index (χ3n) is 12.1. The van der Waals surface area contributed by atoms with E-state index in [1.54, 1.807) is 0 Å². The molecule has 0 aromatic heterocycles. The van der Waals surface area contributed by atoms with Crippen LogP contribution in [0.2, 0.25) is 0 Å². The van der Waals surface area contributed by atoms with Gasteiger partial charge in [-0.15, -0.1) is 0 Å². The lowest BCUT2D eigenvalue weighted by Gasteiger charge is -2.18. The van der Waals surface area contributed by atoms with Crippen LogP contribution in [0.3, 0.4) is 0 Å². The highest BCUT2D eigenvalue weighted by molar-refractivity contribution is 5.71. The molecule has 0 radical (unpaired) electrons. The van der Waals surface area contributed by atoms with Crippen LogP contribution in [-0.4, -0.2) is 37.2 Å². The van der Waals surface area contributed by atoms with E-state index in [1.807, 2.05) is 0 Å². The van der Waals surface area contributed by atoms with Crippen molar-refractivity contribution in [3.63, 3.8) is 0 Å². The van der Waals surface area contributed by atoms with Gasteiger partial charge in [0.15, 0.2) is 6.10 Å². The van der Waals surface area contributed by atoms with Crippen LogP contribution in [0.5, 0.6) is 0 Å². The van der Waals surface area contributed by atoms with E-state index in [0.717, 1.165) is 154 Å². The van der Waals surface area contributed by atoms with E-state index in [4.69, 9.17) is 14.2 Å². The van der Waals surface area contributed by atoms with E-state index in [0.29, 0.717) is 19.3 Å². The Hall–Kier alpha value is -4.71. The SMILES string of the molecule is CC/C=C\C/C=C\C/C=C\C/C=C\C/C=C\C/C=C\C/C=C\C/C=C\CCCCCCCCCCC(=O)OCC(COC(=O)CCCCCCCC)OC(=O)CCCCCC/C=C\C/C=C\C/C=C\C/C=C\CC. The number of ether oxygens (including phenoxy) is 3. The third kappa shape index (κ3) is 58.2. The molecule has 0 spiro atoms. The van der Waals surface area contributed by atoms with Gasteiger partial charge in [0.05, 0.1) is 0 Å². The molecule has 6 heteroatoms. The van der Waals surface area contributed by atoms with Gasteiger partial charge in [-0.25, -0.2) is 0 Å². The average molecular weight is 1020 g/mol. The maximum Gasteiger partial charge on any atom is 0.306 e. The lowest BCUT2D eigenvalue weighted by Crippen LogP contribution is -2.30. The zero-order valence-corrected chi connectivity index (χ0v) is 47.5. The molecule has 0 aromatic rings. The van der Waals surface area contributed by atoms with E-state index in [9.17, 15) is 14.4 Å². The number of unbranched alkanes of at least 4 members (excludes halogenated alkanes) is 17. The molecule has 0 heterocycles. The first kappa shape index (κ1) is 69.3. The number of hydrogen-bond acceptors (Lipinski definition) is 6. The fourth-order valence-corrected chi connectivity index (χ4v) is 7.68. The molecule has 0 bridgehead atoms. The van der Waals surface area contributed by atoms with Gasteiger partial charge >= 0.3 is 17.9 Å². The Labute approximate surface area is 455 Å². The summed E-state index contributed by atoms with van der Waals surface area (Å²) < 4.78 is 16.7. The molecule has 1 unspecified atom stereocenters. The fraction of sp³-hybridized carbons (Fsp3) is 0.603. The Kier molecular flexibility index (Phi) is 57.0. The number of esters is 3. The number of rotatable bonds is 52. The number of allylic oxidation sites excluding steroid dienone is 24. The Bertz CT molecular complexity index is 1640. The summed E-state index contributed by atoms with van der Waals surface area (Å²) in [5, 5.41) is 0. The summed E-state index contributed by atoms with van der Waals surface area (Å²) in [6.07, 6.45) is 87.3. The summed E-state index contributed by atoms with van der Waals surface area (Å²) in [5.74, 6) is -0.943. The molecule has 0 amide bonds. The largest absolute Gasteiger partial charge is 0.462 e. The maximum absolute atomic E-state index is 12.8. The average Bonchev–Trinajstić information content (AvgIpc) is 3.40. The first-order valence-electron chi connectivity index (χ1n) is 29.8. The van der Waals surface area contributed by atoms with Crippen LogP contribution in [0.15, 0.2) is 146 Å². The van der Waals surface area contributed by atoms with Crippen LogP contribution in [0.1, 0.15) is 245 Å². The summed E-state index contributed by atoms with van der Waals surface area (Å²) in [6.45, 7) is 6.31. The quantitative estimate of drug-likeness (QED) is 0.0261. The predicted molar refractivity (Wildman–Crippen MR) is 320 cm³/mol. The molecule has 0 saturated carbocycles. The third-order valence-corrected chi connectivity index (χ3v) is 12.1.